The SMILES string of the molecule is O=c1c2ccccc2[s+](-c2ccc(OCc3ccc(I)cc3)cc2)c2ccccc12. The van der Waals surface area contributed by atoms with E-state index in [1.807, 2.05) is 48.5 Å². The molecule has 1 aromatic heterocycles. The van der Waals surface area contributed by atoms with Crippen molar-refractivity contribution in [2.24, 2.45) is 0 Å². The monoisotopic (exact) mass is 521 g/mol. The van der Waals surface area contributed by atoms with Crippen LogP contribution in [0.4, 0.5) is 0 Å². The summed E-state index contributed by atoms with van der Waals surface area (Å²) in [6.45, 7) is 0.544. The zero-order valence-electron chi connectivity index (χ0n) is 16.0. The second-order valence-corrected chi connectivity index (χ2v) is 10.2. The molecule has 0 fully saturated rings. The minimum Gasteiger partial charge on any atom is -0.489 e. The summed E-state index contributed by atoms with van der Waals surface area (Å²) in [6.07, 6.45) is 0. The molecule has 0 N–H and O–H groups in total. The highest BCUT2D eigenvalue weighted by Gasteiger charge is 2.22. The molecule has 0 radical (unpaired) electrons. The van der Waals surface area contributed by atoms with Crippen LogP contribution in [-0.4, -0.2) is 0 Å². The van der Waals surface area contributed by atoms with E-state index < -0.39 is 0 Å². The maximum atomic E-state index is 13.0. The quantitative estimate of drug-likeness (QED) is 0.141. The van der Waals surface area contributed by atoms with Crippen LogP contribution in [0.25, 0.3) is 25.1 Å². The van der Waals surface area contributed by atoms with Gasteiger partial charge in [0.2, 0.25) is 5.43 Å². The van der Waals surface area contributed by atoms with E-state index in [0.717, 1.165) is 31.5 Å². The van der Waals surface area contributed by atoms with Gasteiger partial charge in [0.25, 0.3) is 0 Å². The van der Waals surface area contributed by atoms with Crippen LogP contribution in [0.5, 0.6) is 5.75 Å². The van der Waals surface area contributed by atoms with Crippen molar-refractivity contribution in [1.82, 2.24) is 0 Å². The summed E-state index contributed by atoms with van der Waals surface area (Å²) in [4.78, 5) is 14.1. The van der Waals surface area contributed by atoms with Gasteiger partial charge in [-0.25, -0.2) is 0 Å². The summed E-state index contributed by atoms with van der Waals surface area (Å²) in [6, 6.07) is 32.6. The molecule has 0 amide bonds. The number of fused-ring (bicyclic) bond motifs is 2. The highest BCUT2D eigenvalue weighted by Crippen LogP contribution is 2.43. The molecule has 0 aliphatic carbocycles. The van der Waals surface area contributed by atoms with E-state index in [4.69, 9.17) is 4.74 Å². The summed E-state index contributed by atoms with van der Waals surface area (Å²) in [5.74, 6) is 0.843. The van der Waals surface area contributed by atoms with Gasteiger partial charge in [0.1, 0.15) is 12.4 Å². The third kappa shape index (κ3) is 3.61. The minimum atomic E-state index is -0.307. The van der Waals surface area contributed by atoms with Gasteiger partial charge in [-0.3, -0.25) is 4.79 Å². The topological polar surface area (TPSA) is 26.3 Å². The standard InChI is InChI=1S/C26H18IO2S/c27-19-11-9-18(10-12-19)17-29-20-13-15-21(16-14-20)30-24-7-3-1-5-22(24)26(28)23-6-2-4-8-25(23)30/h1-16H,17H2/q+1. The van der Waals surface area contributed by atoms with E-state index in [1.165, 1.54) is 8.47 Å². The van der Waals surface area contributed by atoms with Crippen molar-refractivity contribution < 1.29 is 4.74 Å². The van der Waals surface area contributed by atoms with Crippen molar-refractivity contribution in [3.63, 3.8) is 0 Å². The number of rotatable bonds is 4. The first-order valence-corrected chi connectivity index (χ1v) is 12.0. The van der Waals surface area contributed by atoms with Crippen molar-refractivity contribution in [2.45, 2.75) is 6.61 Å². The summed E-state index contributed by atoms with van der Waals surface area (Å²) < 4.78 is 9.38. The maximum Gasteiger partial charge on any atom is 0.203 e. The van der Waals surface area contributed by atoms with E-state index in [9.17, 15) is 4.79 Å². The van der Waals surface area contributed by atoms with Crippen LogP contribution in [0.1, 0.15) is 5.56 Å². The predicted octanol–water partition coefficient (Wildman–Crippen LogP) is 7.28. The smallest absolute Gasteiger partial charge is 0.203 e. The molecule has 1 heterocycles. The van der Waals surface area contributed by atoms with Crippen molar-refractivity contribution in [3.05, 3.63) is 116 Å². The van der Waals surface area contributed by atoms with Gasteiger partial charge in [0.15, 0.2) is 14.3 Å². The van der Waals surface area contributed by atoms with Crippen molar-refractivity contribution in [3.8, 4) is 10.6 Å². The van der Waals surface area contributed by atoms with Gasteiger partial charge < -0.3 is 4.74 Å². The molecule has 2 nitrogen and oxygen atoms in total. The summed E-state index contributed by atoms with van der Waals surface area (Å²) in [5, 5.41) is 1.61. The average Bonchev–Trinajstić information content (AvgIpc) is 2.80. The Bertz CT molecular complexity index is 1340. The first-order valence-electron chi connectivity index (χ1n) is 9.65. The fourth-order valence-corrected chi connectivity index (χ4v) is 6.30. The lowest BCUT2D eigenvalue weighted by molar-refractivity contribution is 0.306. The Balaban J connectivity index is 1.54. The average molecular weight is 521 g/mol. The zero-order valence-corrected chi connectivity index (χ0v) is 19.0. The molecule has 5 rings (SSSR count). The Labute approximate surface area is 190 Å². The van der Waals surface area contributed by atoms with Gasteiger partial charge in [-0.1, -0.05) is 36.4 Å². The Morgan fingerprint density at radius 2 is 1.27 bits per heavy atom. The number of hydrogen-bond donors (Lipinski definition) is 0. The van der Waals surface area contributed by atoms with E-state index in [0.29, 0.717) is 6.61 Å². The molecule has 146 valence electrons. The number of halogens is 1. The third-order valence-corrected chi connectivity index (χ3v) is 8.14. The van der Waals surface area contributed by atoms with Crippen LogP contribution < -0.4 is 10.2 Å². The molecule has 0 saturated carbocycles. The molecule has 0 saturated heterocycles. The second kappa shape index (κ2) is 8.20. The molecule has 0 spiro atoms. The molecule has 5 aromatic rings. The fraction of sp³-hybridized carbons (Fsp3) is 0.0385. The molecule has 0 unspecified atom stereocenters. The number of benzene rings is 4. The van der Waals surface area contributed by atoms with Crippen LogP contribution in [0.3, 0.4) is 0 Å². The lowest BCUT2D eigenvalue weighted by Gasteiger charge is -2.07. The Hall–Kier alpha value is -2.70. The van der Waals surface area contributed by atoms with Gasteiger partial charge in [-0.2, -0.15) is 0 Å². The normalized spacial score (nSPS) is 11.1. The number of ether oxygens (including phenoxy) is 1. The first-order chi connectivity index (χ1) is 14.7. The molecule has 0 aliphatic heterocycles. The zero-order chi connectivity index (χ0) is 20.5. The summed E-state index contributed by atoms with van der Waals surface area (Å²) >= 11 is 2.30. The Kier molecular flexibility index (Phi) is 5.27. The highest BCUT2D eigenvalue weighted by atomic mass is 127. The first kappa shape index (κ1) is 19.3. The molecule has 0 atom stereocenters. The maximum absolute atomic E-state index is 13.0. The third-order valence-electron chi connectivity index (χ3n) is 5.08. The summed E-state index contributed by atoms with van der Waals surface area (Å²) in [5.41, 5.74) is 1.26. The minimum absolute atomic E-state index is 0.113. The van der Waals surface area contributed by atoms with E-state index in [-0.39, 0.29) is 15.9 Å². The van der Waals surface area contributed by atoms with Crippen LogP contribution in [-0.2, 0) is 6.61 Å². The number of hydrogen-bond acceptors (Lipinski definition) is 2. The van der Waals surface area contributed by atoms with Crippen molar-refractivity contribution >= 4 is 53.2 Å². The largest absolute Gasteiger partial charge is 0.489 e. The lowest BCUT2D eigenvalue weighted by Crippen LogP contribution is -2.01. The molecule has 0 aliphatic rings. The molecule has 30 heavy (non-hydrogen) atoms. The van der Waals surface area contributed by atoms with Gasteiger partial charge in [0, 0.05) is 26.2 Å². The van der Waals surface area contributed by atoms with Crippen LogP contribution in [0.2, 0.25) is 0 Å². The van der Waals surface area contributed by atoms with E-state index in [1.54, 1.807) is 0 Å². The van der Waals surface area contributed by atoms with E-state index in [2.05, 4.69) is 71.1 Å². The lowest BCUT2D eigenvalue weighted by atomic mass is 10.2. The molecule has 4 aromatic carbocycles. The fourth-order valence-electron chi connectivity index (χ4n) is 3.60. The van der Waals surface area contributed by atoms with Crippen LogP contribution in [0, 0.1) is 3.57 Å². The van der Waals surface area contributed by atoms with Gasteiger partial charge in [-0.15, -0.1) is 0 Å². The van der Waals surface area contributed by atoms with Gasteiger partial charge in [-0.05, 0) is 76.7 Å². The highest BCUT2D eigenvalue weighted by molar-refractivity contribution is 14.1. The van der Waals surface area contributed by atoms with Crippen LogP contribution in [0.15, 0.2) is 102 Å². The van der Waals surface area contributed by atoms with Crippen molar-refractivity contribution in [1.29, 1.82) is 0 Å². The molecule has 0 bridgehead atoms. The summed E-state index contributed by atoms with van der Waals surface area (Å²) in [7, 11) is -0.307. The Morgan fingerprint density at radius 3 is 1.87 bits per heavy atom. The Morgan fingerprint density at radius 1 is 0.700 bits per heavy atom. The van der Waals surface area contributed by atoms with Gasteiger partial charge >= 0.3 is 0 Å². The predicted molar refractivity (Wildman–Crippen MR) is 135 cm³/mol. The van der Waals surface area contributed by atoms with E-state index >= 15 is 0 Å². The molecular weight excluding hydrogens is 503 g/mol. The van der Waals surface area contributed by atoms with Crippen LogP contribution >= 0.6 is 33.1 Å². The van der Waals surface area contributed by atoms with Gasteiger partial charge in [0.05, 0.1) is 10.8 Å². The second-order valence-electron chi connectivity index (χ2n) is 7.01. The molecule has 4 heteroatoms. The molecular formula is C26H18IO2S+. The van der Waals surface area contributed by atoms with Crippen molar-refractivity contribution in [2.75, 3.05) is 0 Å².